The Morgan fingerprint density at radius 2 is 2.33 bits per heavy atom. The number of nitrogens with one attached hydrogen (secondary N) is 1. The van der Waals surface area contributed by atoms with E-state index >= 15 is 0 Å². The minimum atomic E-state index is -0.831. The molecule has 0 radical (unpaired) electrons. The number of anilines is 1. The number of aromatic nitrogens is 2. The van der Waals surface area contributed by atoms with Crippen LogP contribution in [0.25, 0.3) is 0 Å². The van der Waals surface area contributed by atoms with Gasteiger partial charge in [0.05, 0.1) is 16.9 Å². The molecule has 5 heteroatoms. The van der Waals surface area contributed by atoms with Gasteiger partial charge in [0.15, 0.2) is 0 Å². The van der Waals surface area contributed by atoms with Crippen molar-refractivity contribution in [3.05, 3.63) is 11.9 Å². The summed E-state index contributed by atoms with van der Waals surface area (Å²) in [5.74, 6) is -0.180. The third kappa shape index (κ3) is 2.56. The fourth-order valence-electron chi connectivity index (χ4n) is 1.15. The Balaban J connectivity index is 2.79. The maximum absolute atomic E-state index is 11.8. The van der Waals surface area contributed by atoms with Crippen LogP contribution in [0.1, 0.15) is 26.0 Å². The summed E-state index contributed by atoms with van der Waals surface area (Å²) >= 11 is 0. The highest BCUT2D eigenvalue weighted by Gasteiger charge is 2.26. The van der Waals surface area contributed by atoms with Gasteiger partial charge in [-0.05, 0) is 20.3 Å². The number of nitrogens with zero attached hydrogens (tertiary/aromatic N) is 2. The van der Waals surface area contributed by atoms with Crippen molar-refractivity contribution in [2.75, 3.05) is 5.32 Å². The van der Waals surface area contributed by atoms with E-state index in [0.717, 1.165) is 5.69 Å². The predicted molar refractivity (Wildman–Crippen MR) is 59.5 cm³/mol. The molecule has 0 fully saturated rings. The second-order valence-electron chi connectivity index (χ2n) is 4.03. The fourth-order valence-corrected chi connectivity index (χ4v) is 1.15. The van der Waals surface area contributed by atoms with Crippen molar-refractivity contribution in [1.82, 2.24) is 9.78 Å². The molecule has 0 aromatic carbocycles. The molecule has 1 amide bonds. The topological polar surface area (TPSA) is 72.9 Å². The van der Waals surface area contributed by atoms with Crippen LogP contribution in [0.15, 0.2) is 6.20 Å². The lowest BCUT2D eigenvalue weighted by Gasteiger charge is -2.21. The summed E-state index contributed by atoms with van der Waals surface area (Å²) in [6, 6.07) is 0. The fraction of sp³-hybridized carbons (Fsp3) is 0.600. The molecule has 3 N–H and O–H groups in total. The van der Waals surface area contributed by atoms with Crippen molar-refractivity contribution >= 4 is 11.6 Å². The number of nitrogens with two attached hydrogens (primary N) is 1. The van der Waals surface area contributed by atoms with E-state index < -0.39 is 5.54 Å². The van der Waals surface area contributed by atoms with E-state index in [0.29, 0.717) is 12.1 Å². The molecule has 0 aliphatic carbocycles. The minimum Gasteiger partial charge on any atom is -0.322 e. The van der Waals surface area contributed by atoms with E-state index in [1.54, 1.807) is 17.8 Å². The summed E-state index contributed by atoms with van der Waals surface area (Å²) in [6.45, 7) is 5.44. The number of aryl methyl sites for hydroxylation is 2. The van der Waals surface area contributed by atoms with Crippen LogP contribution >= 0.6 is 0 Å². The largest absolute Gasteiger partial charge is 0.322 e. The lowest BCUT2D eigenvalue weighted by Crippen LogP contribution is -2.47. The number of carbonyl (C=O) groups is 1. The number of hydrogen-bond donors (Lipinski definition) is 2. The van der Waals surface area contributed by atoms with Crippen LogP contribution < -0.4 is 11.1 Å². The summed E-state index contributed by atoms with van der Waals surface area (Å²) in [6.07, 6.45) is 2.36. The zero-order valence-corrected chi connectivity index (χ0v) is 9.66. The Bertz CT molecular complexity index is 367. The van der Waals surface area contributed by atoms with E-state index in [2.05, 4.69) is 10.4 Å². The van der Waals surface area contributed by atoms with Gasteiger partial charge in [0, 0.05) is 13.2 Å². The summed E-state index contributed by atoms with van der Waals surface area (Å²) in [5.41, 5.74) is 6.50. The average Bonchev–Trinajstić information content (AvgIpc) is 2.45. The molecule has 0 bridgehead atoms. The minimum absolute atomic E-state index is 0.180. The predicted octanol–water partition coefficient (Wildman–Crippen LogP) is 0.794. The SMILES string of the molecule is CCC(C)(N)C(=O)Nc1cn(C)nc1C. The van der Waals surface area contributed by atoms with Gasteiger partial charge >= 0.3 is 0 Å². The lowest BCUT2D eigenvalue weighted by atomic mass is 9.99. The third-order valence-electron chi connectivity index (χ3n) is 2.51. The summed E-state index contributed by atoms with van der Waals surface area (Å²) < 4.78 is 1.66. The van der Waals surface area contributed by atoms with Gasteiger partial charge in [-0.3, -0.25) is 9.48 Å². The van der Waals surface area contributed by atoms with E-state index in [-0.39, 0.29) is 5.91 Å². The first-order chi connectivity index (χ1) is 6.86. The molecule has 1 aromatic rings. The van der Waals surface area contributed by atoms with Gasteiger partial charge in [-0.2, -0.15) is 5.10 Å². The molecular formula is C10H18N4O. The lowest BCUT2D eigenvalue weighted by molar-refractivity contribution is -0.120. The maximum Gasteiger partial charge on any atom is 0.244 e. The Labute approximate surface area is 89.6 Å². The van der Waals surface area contributed by atoms with Gasteiger partial charge in [-0.25, -0.2) is 0 Å². The Morgan fingerprint density at radius 1 is 1.73 bits per heavy atom. The average molecular weight is 210 g/mol. The smallest absolute Gasteiger partial charge is 0.244 e. The van der Waals surface area contributed by atoms with Crippen molar-refractivity contribution in [3.8, 4) is 0 Å². The van der Waals surface area contributed by atoms with Gasteiger partial charge in [-0.15, -0.1) is 0 Å². The molecule has 0 aliphatic rings. The number of hydrogen-bond acceptors (Lipinski definition) is 3. The summed E-state index contributed by atoms with van der Waals surface area (Å²) in [7, 11) is 1.81. The molecule has 5 nitrogen and oxygen atoms in total. The zero-order valence-electron chi connectivity index (χ0n) is 9.66. The monoisotopic (exact) mass is 210 g/mol. The van der Waals surface area contributed by atoms with Crippen molar-refractivity contribution in [2.24, 2.45) is 12.8 Å². The van der Waals surface area contributed by atoms with Crippen LogP contribution in [0, 0.1) is 6.92 Å². The number of amides is 1. The van der Waals surface area contributed by atoms with Crippen LogP contribution in [0.4, 0.5) is 5.69 Å². The molecule has 0 spiro atoms. The Morgan fingerprint density at radius 3 is 2.73 bits per heavy atom. The van der Waals surface area contributed by atoms with Crippen molar-refractivity contribution in [1.29, 1.82) is 0 Å². The van der Waals surface area contributed by atoms with Gasteiger partial charge in [0.1, 0.15) is 0 Å². The first kappa shape index (κ1) is 11.7. The first-order valence-electron chi connectivity index (χ1n) is 4.97. The molecule has 0 saturated carbocycles. The molecule has 1 heterocycles. The van der Waals surface area contributed by atoms with Crippen LogP contribution in [-0.4, -0.2) is 21.2 Å². The molecule has 0 aliphatic heterocycles. The number of carbonyl (C=O) groups excluding carboxylic acids is 1. The summed E-state index contributed by atoms with van der Waals surface area (Å²) in [5, 5.41) is 6.91. The molecule has 1 rings (SSSR count). The normalized spacial score (nSPS) is 14.7. The first-order valence-corrected chi connectivity index (χ1v) is 4.97. The molecule has 0 saturated heterocycles. The quantitative estimate of drug-likeness (QED) is 0.774. The Hall–Kier alpha value is -1.36. The Kier molecular flexibility index (Phi) is 3.14. The van der Waals surface area contributed by atoms with Crippen molar-refractivity contribution in [3.63, 3.8) is 0 Å². The second kappa shape index (κ2) is 4.02. The van der Waals surface area contributed by atoms with E-state index in [1.807, 2.05) is 20.9 Å². The van der Waals surface area contributed by atoms with E-state index in [4.69, 9.17) is 5.73 Å². The standard InChI is InChI=1S/C10H18N4O/c1-5-10(3,11)9(15)12-8-6-14(4)13-7(8)2/h6H,5,11H2,1-4H3,(H,12,15). The van der Waals surface area contributed by atoms with Gasteiger partial charge in [0.2, 0.25) is 5.91 Å². The second-order valence-corrected chi connectivity index (χ2v) is 4.03. The van der Waals surface area contributed by atoms with Gasteiger partial charge in [-0.1, -0.05) is 6.92 Å². The summed E-state index contributed by atoms with van der Waals surface area (Å²) in [4.78, 5) is 11.8. The molecule has 1 unspecified atom stereocenters. The van der Waals surface area contributed by atoms with Crippen LogP contribution in [-0.2, 0) is 11.8 Å². The van der Waals surface area contributed by atoms with Crippen molar-refractivity contribution < 1.29 is 4.79 Å². The molecule has 15 heavy (non-hydrogen) atoms. The van der Waals surface area contributed by atoms with Crippen molar-refractivity contribution in [2.45, 2.75) is 32.7 Å². The van der Waals surface area contributed by atoms with Gasteiger partial charge < -0.3 is 11.1 Å². The van der Waals surface area contributed by atoms with Crippen LogP contribution in [0.3, 0.4) is 0 Å². The van der Waals surface area contributed by atoms with E-state index in [1.165, 1.54) is 0 Å². The van der Waals surface area contributed by atoms with Gasteiger partial charge in [0.25, 0.3) is 0 Å². The maximum atomic E-state index is 11.8. The number of rotatable bonds is 3. The van der Waals surface area contributed by atoms with Crippen LogP contribution in [0.5, 0.6) is 0 Å². The third-order valence-corrected chi connectivity index (χ3v) is 2.51. The highest BCUT2D eigenvalue weighted by molar-refractivity contribution is 5.97. The molecule has 1 aromatic heterocycles. The molecule has 84 valence electrons. The van der Waals surface area contributed by atoms with Crippen LogP contribution in [0.2, 0.25) is 0 Å². The zero-order chi connectivity index (χ0) is 11.6. The van der Waals surface area contributed by atoms with E-state index in [9.17, 15) is 4.79 Å². The molecular weight excluding hydrogens is 192 g/mol. The molecule has 1 atom stereocenters. The highest BCUT2D eigenvalue weighted by Crippen LogP contribution is 2.14. The highest BCUT2D eigenvalue weighted by atomic mass is 16.2.